The lowest BCUT2D eigenvalue weighted by molar-refractivity contribution is 1.42. The summed E-state index contributed by atoms with van der Waals surface area (Å²) in [7, 11) is 0. The van der Waals surface area contributed by atoms with Crippen LogP contribution < -0.4 is 0 Å². The Morgan fingerprint density at radius 2 is 0.882 bits per heavy atom. The number of benzene rings is 6. The Hall–Kier alpha value is -4.49. The first kappa shape index (κ1) is 19.0. The number of fused-ring (bicyclic) bond motifs is 4. The summed E-state index contributed by atoms with van der Waals surface area (Å²) in [4.78, 5) is 5.37. The van der Waals surface area contributed by atoms with Gasteiger partial charge in [-0.15, -0.1) is 0 Å². The molecule has 0 fully saturated rings. The molecule has 1 nitrogen and oxygen atoms in total. The van der Waals surface area contributed by atoms with E-state index >= 15 is 0 Å². The van der Waals surface area contributed by atoms with Crippen molar-refractivity contribution in [2.45, 2.75) is 0 Å². The van der Waals surface area contributed by atoms with Crippen LogP contribution in [0, 0.1) is 0 Å². The van der Waals surface area contributed by atoms with E-state index in [1.165, 1.54) is 49.0 Å². The van der Waals surface area contributed by atoms with Crippen molar-refractivity contribution in [1.82, 2.24) is 4.98 Å². The summed E-state index contributed by atoms with van der Waals surface area (Å²) in [6.07, 6.45) is 0. The summed E-state index contributed by atoms with van der Waals surface area (Å²) in [6.45, 7) is 0. The zero-order valence-electron chi connectivity index (χ0n) is 18.6. The van der Waals surface area contributed by atoms with Crippen molar-refractivity contribution < 1.29 is 0 Å². The molecule has 1 heteroatoms. The van der Waals surface area contributed by atoms with E-state index in [9.17, 15) is 0 Å². The maximum atomic E-state index is 5.37. The molecule has 6 aromatic carbocycles. The van der Waals surface area contributed by atoms with Crippen molar-refractivity contribution in [2.24, 2.45) is 0 Å². The third-order valence-electron chi connectivity index (χ3n) is 6.79. The smallest absolute Gasteiger partial charge is 0.0794 e. The predicted molar refractivity (Wildman–Crippen MR) is 145 cm³/mol. The van der Waals surface area contributed by atoms with E-state index in [1.807, 2.05) is 0 Å². The minimum atomic E-state index is 1.01. The second-order valence-electron chi connectivity index (χ2n) is 8.80. The lowest BCUT2D eigenvalue weighted by atomic mass is 9.92. The molecule has 158 valence electrons. The topological polar surface area (TPSA) is 12.9 Å². The molecule has 0 saturated heterocycles. The first-order chi connectivity index (χ1) is 16.9. The lowest BCUT2D eigenvalue weighted by Gasteiger charge is -2.15. The van der Waals surface area contributed by atoms with Crippen LogP contribution in [0.1, 0.15) is 0 Å². The molecule has 0 saturated carbocycles. The van der Waals surface area contributed by atoms with Crippen LogP contribution >= 0.6 is 0 Å². The van der Waals surface area contributed by atoms with Gasteiger partial charge in [-0.3, -0.25) is 0 Å². The Morgan fingerprint density at radius 1 is 0.382 bits per heavy atom. The van der Waals surface area contributed by atoms with Gasteiger partial charge >= 0.3 is 0 Å². The molecule has 0 N–H and O–H groups in total. The molecule has 1 aromatic heterocycles. The van der Waals surface area contributed by atoms with Gasteiger partial charge in [-0.2, -0.15) is 0 Å². The molecule has 7 rings (SSSR count). The summed E-state index contributed by atoms with van der Waals surface area (Å²) in [5, 5.41) is 8.56. The number of pyridine rings is 1. The fourth-order valence-corrected chi connectivity index (χ4v) is 5.26. The maximum Gasteiger partial charge on any atom is 0.0794 e. The molecule has 0 amide bonds. The highest BCUT2D eigenvalue weighted by Crippen LogP contribution is 2.39. The Bertz CT molecular complexity index is 1790. The molecule has 34 heavy (non-hydrogen) atoms. The van der Waals surface area contributed by atoms with E-state index in [-0.39, 0.29) is 0 Å². The van der Waals surface area contributed by atoms with Crippen molar-refractivity contribution in [1.29, 1.82) is 0 Å². The van der Waals surface area contributed by atoms with E-state index in [4.69, 9.17) is 4.98 Å². The number of rotatable bonds is 2. The molecule has 0 atom stereocenters. The SMILES string of the molecule is c1ccc(-c2c3ccccc3cc3ccc(-c4c5ccccc5cc5ccccc45)nc23)cc1. The highest BCUT2D eigenvalue weighted by Gasteiger charge is 2.15. The highest BCUT2D eigenvalue weighted by molar-refractivity contribution is 6.15. The number of hydrogen-bond acceptors (Lipinski definition) is 1. The van der Waals surface area contributed by atoms with Crippen LogP contribution in [0.25, 0.3) is 65.6 Å². The number of aromatic nitrogens is 1. The first-order valence-corrected chi connectivity index (χ1v) is 11.7. The van der Waals surface area contributed by atoms with E-state index in [1.54, 1.807) is 0 Å². The van der Waals surface area contributed by atoms with Crippen molar-refractivity contribution in [3.05, 3.63) is 127 Å². The molecular weight excluding hydrogens is 410 g/mol. The monoisotopic (exact) mass is 431 g/mol. The number of nitrogens with zero attached hydrogens (tertiary/aromatic N) is 1. The van der Waals surface area contributed by atoms with Gasteiger partial charge in [-0.1, -0.05) is 109 Å². The lowest BCUT2D eigenvalue weighted by Crippen LogP contribution is -1.92. The quantitative estimate of drug-likeness (QED) is 0.249. The van der Waals surface area contributed by atoms with Gasteiger partial charge in [0.1, 0.15) is 0 Å². The summed E-state index contributed by atoms with van der Waals surface area (Å²) >= 11 is 0. The second kappa shape index (κ2) is 7.54. The van der Waals surface area contributed by atoms with Crippen molar-refractivity contribution in [2.75, 3.05) is 0 Å². The van der Waals surface area contributed by atoms with Gasteiger partial charge in [0, 0.05) is 16.5 Å². The van der Waals surface area contributed by atoms with E-state index in [0.717, 1.165) is 16.6 Å². The van der Waals surface area contributed by atoms with Gasteiger partial charge in [0.05, 0.1) is 11.2 Å². The maximum absolute atomic E-state index is 5.37. The zero-order valence-corrected chi connectivity index (χ0v) is 18.6. The summed E-state index contributed by atoms with van der Waals surface area (Å²) in [6, 6.07) is 45.4. The molecular formula is C33H21N. The molecule has 0 aliphatic rings. The Kier molecular flexibility index (Phi) is 4.22. The molecule has 0 unspecified atom stereocenters. The Morgan fingerprint density at radius 3 is 1.50 bits per heavy atom. The van der Waals surface area contributed by atoms with Crippen LogP contribution in [0.5, 0.6) is 0 Å². The predicted octanol–water partition coefficient (Wildman–Crippen LogP) is 9.03. The van der Waals surface area contributed by atoms with Gasteiger partial charge in [0.25, 0.3) is 0 Å². The van der Waals surface area contributed by atoms with Crippen LogP contribution in [-0.4, -0.2) is 4.98 Å². The van der Waals surface area contributed by atoms with E-state index < -0.39 is 0 Å². The highest BCUT2D eigenvalue weighted by atomic mass is 14.7. The minimum absolute atomic E-state index is 1.01. The summed E-state index contributed by atoms with van der Waals surface area (Å²) in [5.41, 5.74) is 5.63. The fraction of sp³-hybridized carbons (Fsp3) is 0. The molecule has 0 spiro atoms. The van der Waals surface area contributed by atoms with Crippen LogP contribution in [0.2, 0.25) is 0 Å². The molecule has 0 radical (unpaired) electrons. The Balaban J connectivity index is 1.63. The second-order valence-corrected chi connectivity index (χ2v) is 8.80. The van der Waals surface area contributed by atoms with Crippen molar-refractivity contribution in [3.8, 4) is 22.4 Å². The van der Waals surface area contributed by atoms with Crippen molar-refractivity contribution in [3.63, 3.8) is 0 Å². The molecule has 1 heterocycles. The fourth-order valence-electron chi connectivity index (χ4n) is 5.26. The van der Waals surface area contributed by atoms with Crippen molar-refractivity contribution >= 4 is 43.2 Å². The largest absolute Gasteiger partial charge is 0.247 e. The van der Waals surface area contributed by atoms with Gasteiger partial charge in [0.2, 0.25) is 0 Å². The van der Waals surface area contributed by atoms with Gasteiger partial charge in [-0.05, 0) is 56.1 Å². The normalized spacial score (nSPS) is 11.5. The molecule has 0 aliphatic heterocycles. The molecule has 0 aliphatic carbocycles. The minimum Gasteiger partial charge on any atom is -0.247 e. The van der Waals surface area contributed by atoms with Gasteiger partial charge in [0.15, 0.2) is 0 Å². The van der Waals surface area contributed by atoms with Crippen LogP contribution in [0.15, 0.2) is 127 Å². The Labute approximate surface area is 197 Å². The third-order valence-corrected chi connectivity index (χ3v) is 6.79. The zero-order chi connectivity index (χ0) is 22.5. The van der Waals surface area contributed by atoms with Gasteiger partial charge in [-0.25, -0.2) is 4.98 Å². The first-order valence-electron chi connectivity index (χ1n) is 11.7. The molecule has 0 bridgehead atoms. The van der Waals surface area contributed by atoms with Crippen LogP contribution in [-0.2, 0) is 0 Å². The van der Waals surface area contributed by atoms with E-state index in [2.05, 4.69) is 127 Å². The number of hydrogen-bond donors (Lipinski definition) is 0. The third kappa shape index (κ3) is 2.91. The van der Waals surface area contributed by atoms with Crippen LogP contribution in [0.3, 0.4) is 0 Å². The average molecular weight is 432 g/mol. The standard InChI is InChI=1S/C33H21N/c1-2-10-22(11-3-1)31-27-15-7-4-14-25(27)21-26-18-19-30(34-33(26)31)32-28-16-8-5-12-23(28)20-24-13-6-9-17-29(24)32/h1-21H. The van der Waals surface area contributed by atoms with Gasteiger partial charge < -0.3 is 0 Å². The van der Waals surface area contributed by atoms with E-state index in [0.29, 0.717) is 0 Å². The van der Waals surface area contributed by atoms with Crippen LogP contribution in [0.4, 0.5) is 0 Å². The average Bonchev–Trinajstić information content (AvgIpc) is 2.90. The summed E-state index contributed by atoms with van der Waals surface area (Å²) in [5.74, 6) is 0. The summed E-state index contributed by atoms with van der Waals surface area (Å²) < 4.78 is 0. The molecule has 7 aromatic rings.